The van der Waals surface area contributed by atoms with Crippen LogP contribution in [0.25, 0.3) is 0 Å². The van der Waals surface area contributed by atoms with Crippen LogP contribution in [0.4, 0.5) is 0 Å². The quantitative estimate of drug-likeness (QED) is 0.667. The van der Waals surface area contributed by atoms with E-state index in [-0.39, 0.29) is 5.78 Å². The number of hydrogen-bond acceptors (Lipinski definition) is 2. The fourth-order valence-electron chi connectivity index (χ4n) is 0.962. The molecule has 1 rings (SSSR count). The summed E-state index contributed by atoms with van der Waals surface area (Å²) in [6.07, 6.45) is 0.445. The van der Waals surface area contributed by atoms with Gasteiger partial charge in [-0.2, -0.15) is 0 Å². The summed E-state index contributed by atoms with van der Waals surface area (Å²) in [6.45, 7) is 0. The minimum atomic E-state index is 0.166. The number of carbonyl (C=O) groups excluding carboxylic acids is 1. The van der Waals surface area contributed by atoms with Gasteiger partial charge in [-0.15, -0.1) is 12.6 Å². The van der Waals surface area contributed by atoms with Crippen LogP contribution in [0.3, 0.4) is 0 Å². The predicted molar refractivity (Wildman–Crippen MR) is 63.9 cm³/mol. The molecule has 0 amide bonds. The van der Waals surface area contributed by atoms with Crippen molar-refractivity contribution in [3.63, 3.8) is 0 Å². The highest BCUT2D eigenvalue weighted by Crippen LogP contribution is 2.25. The van der Waals surface area contributed by atoms with Crippen molar-refractivity contribution in [1.82, 2.24) is 0 Å². The van der Waals surface area contributed by atoms with Crippen LogP contribution in [0.2, 0.25) is 0 Å². The van der Waals surface area contributed by atoms with Gasteiger partial charge in [-0.3, -0.25) is 4.79 Å². The van der Waals surface area contributed by atoms with Crippen LogP contribution in [0.15, 0.2) is 27.6 Å². The van der Waals surface area contributed by atoms with Crippen molar-refractivity contribution in [3.05, 3.63) is 28.2 Å². The predicted octanol–water partition coefficient (Wildman–Crippen LogP) is 3.24. The van der Waals surface area contributed by atoms with Crippen molar-refractivity contribution < 1.29 is 4.79 Å². The van der Waals surface area contributed by atoms with E-state index in [1.165, 1.54) is 0 Å². The second kappa shape index (κ2) is 5.17. The Bertz CT molecular complexity index is 325. The van der Waals surface area contributed by atoms with Crippen LogP contribution in [0.5, 0.6) is 0 Å². The minimum Gasteiger partial charge on any atom is -0.298 e. The van der Waals surface area contributed by atoms with Crippen LogP contribution in [0.1, 0.15) is 5.56 Å². The van der Waals surface area contributed by atoms with E-state index >= 15 is 0 Å². The summed E-state index contributed by atoms with van der Waals surface area (Å²) in [5, 5.41) is 0.399. The lowest BCUT2D eigenvalue weighted by Crippen LogP contribution is -2.04. The van der Waals surface area contributed by atoms with Crippen molar-refractivity contribution in [2.45, 2.75) is 11.3 Å². The standard InChI is InChI=1S/C9H8Br2OS/c10-5-7(12)4-6-2-1-3-8(13)9(6)11/h1-3,13H,4-5H2. The smallest absolute Gasteiger partial charge is 0.147 e. The zero-order valence-corrected chi connectivity index (χ0v) is 10.8. The largest absolute Gasteiger partial charge is 0.298 e. The molecule has 0 aliphatic heterocycles. The fourth-order valence-corrected chi connectivity index (χ4v) is 1.79. The Balaban J connectivity index is 2.89. The van der Waals surface area contributed by atoms with Crippen molar-refractivity contribution in [3.8, 4) is 0 Å². The number of carbonyl (C=O) groups is 1. The van der Waals surface area contributed by atoms with E-state index < -0.39 is 0 Å². The molecule has 4 heteroatoms. The number of Topliss-reactive ketones (excluding diaryl/α,β-unsaturated/α-hetero) is 1. The summed E-state index contributed by atoms with van der Waals surface area (Å²) >= 11 is 10.8. The average molecular weight is 324 g/mol. The van der Waals surface area contributed by atoms with E-state index in [0.29, 0.717) is 11.8 Å². The third-order valence-electron chi connectivity index (χ3n) is 1.59. The van der Waals surface area contributed by atoms with E-state index in [0.717, 1.165) is 14.9 Å². The summed E-state index contributed by atoms with van der Waals surface area (Å²) < 4.78 is 0.910. The number of hydrogen-bond donors (Lipinski definition) is 1. The van der Waals surface area contributed by atoms with E-state index in [1.807, 2.05) is 18.2 Å². The molecular formula is C9H8Br2OS. The first kappa shape index (κ1) is 11.3. The Labute approximate surface area is 99.6 Å². The molecule has 0 atom stereocenters. The molecule has 0 aliphatic carbocycles. The van der Waals surface area contributed by atoms with Gasteiger partial charge in [-0.25, -0.2) is 0 Å². The molecule has 1 aromatic rings. The van der Waals surface area contributed by atoms with E-state index in [4.69, 9.17) is 0 Å². The van der Waals surface area contributed by atoms with Gasteiger partial charge in [0, 0.05) is 15.8 Å². The zero-order chi connectivity index (χ0) is 9.84. The van der Waals surface area contributed by atoms with Gasteiger partial charge in [0.1, 0.15) is 5.78 Å². The minimum absolute atomic E-state index is 0.166. The van der Waals surface area contributed by atoms with Crippen LogP contribution in [-0.2, 0) is 11.2 Å². The molecule has 0 radical (unpaired) electrons. The Morgan fingerprint density at radius 3 is 2.77 bits per heavy atom. The average Bonchev–Trinajstić information content (AvgIpc) is 2.13. The summed E-state index contributed by atoms with van der Waals surface area (Å²) in [5.41, 5.74) is 0.983. The van der Waals surface area contributed by atoms with Gasteiger partial charge in [-0.05, 0) is 27.6 Å². The molecule has 0 saturated carbocycles. The van der Waals surface area contributed by atoms with Crippen molar-refractivity contribution in [2.24, 2.45) is 0 Å². The Kier molecular flexibility index (Phi) is 4.49. The molecule has 1 nitrogen and oxygen atoms in total. The van der Waals surface area contributed by atoms with Crippen LogP contribution in [-0.4, -0.2) is 11.1 Å². The number of thiol groups is 1. The highest BCUT2D eigenvalue weighted by molar-refractivity contribution is 9.10. The fraction of sp³-hybridized carbons (Fsp3) is 0.222. The molecule has 0 saturated heterocycles. The number of benzene rings is 1. The van der Waals surface area contributed by atoms with Gasteiger partial charge in [0.2, 0.25) is 0 Å². The highest BCUT2D eigenvalue weighted by atomic mass is 79.9. The number of rotatable bonds is 3. The molecular weight excluding hydrogens is 316 g/mol. The highest BCUT2D eigenvalue weighted by Gasteiger charge is 2.06. The molecule has 70 valence electrons. The van der Waals surface area contributed by atoms with E-state index in [2.05, 4.69) is 44.5 Å². The SMILES string of the molecule is O=C(CBr)Cc1cccc(S)c1Br. The van der Waals surface area contributed by atoms with Crippen molar-refractivity contribution in [2.75, 3.05) is 5.33 Å². The zero-order valence-electron chi connectivity index (χ0n) is 6.76. The third-order valence-corrected chi connectivity index (χ3v) is 3.84. The van der Waals surface area contributed by atoms with Crippen LogP contribution >= 0.6 is 44.5 Å². The molecule has 0 fully saturated rings. The first-order chi connectivity index (χ1) is 6.15. The Hall–Kier alpha value is 0.200. The number of halogens is 2. The molecule has 0 aromatic heterocycles. The topological polar surface area (TPSA) is 17.1 Å². The van der Waals surface area contributed by atoms with Gasteiger partial charge in [0.25, 0.3) is 0 Å². The maximum atomic E-state index is 11.2. The molecule has 0 N–H and O–H groups in total. The Morgan fingerprint density at radius 1 is 1.46 bits per heavy atom. The normalized spacial score (nSPS) is 10.1. The second-order valence-electron chi connectivity index (χ2n) is 2.60. The third kappa shape index (κ3) is 3.11. The van der Waals surface area contributed by atoms with Gasteiger partial charge in [0.05, 0.1) is 5.33 Å². The van der Waals surface area contributed by atoms with Crippen molar-refractivity contribution in [1.29, 1.82) is 0 Å². The molecule has 13 heavy (non-hydrogen) atoms. The first-order valence-electron chi connectivity index (χ1n) is 3.69. The molecule has 0 aliphatic rings. The van der Waals surface area contributed by atoms with Gasteiger partial charge in [0.15, 0.2) is 0 Å². The lowest BCUT2D eigenvalue weighted by Gasteiger charge is -2.04. The van der Waals surface area contributed by atoms with Crippen molar-refractivity contribution >= 4 is 50.3 Å². The van der Waals surface area contributed by atoms with E-state index in [9.17, 15) is 4.79 Å². The summed E-state index contributed by atoms with van der Waals surface area (Å²) in [4.78, 5) is 12.0. The van der Waals surface area contributed by atoms with Gasteiger partial charge in [-0.1, -0.05) is 28.1 Å². The number of alkyl halides is 1. The Morgan fingerprint density at radius 2 is 2.15 bits per heavy atom. The lowest BCUT2D eigenvalue weighted by molar-refractivity contribution is -0.115. The molecule has 0 spiro atoms. The maximum Gasteiger partial charge on any atom is 0.147 e. The summed E-state index contributed by atoms with van der Waals surface area (Å²) in [6, 6.07) is 5.70. The van der Waals surface area contributed by atoms with Crippen LogP contribution < -0.4 is 0 Å². The molecule has 0 heterocycles. The first-order valence-corrected chi connectivity index (χ1v) is 6.05. The molecule has 0 bridgehead atoms. The van der Waals surface area contributed by atoms with Gasteiger partial charge < -0.3 is 0 Å². The summed E-state index contributed by atoms with van der Waals surface area (Å²) in [5.74, 6) is 0.166. The van der Waals surface area contributed by atoms with Gasteiger partial charge >= 0.3 is 0 Å². The lowest BCUT2D eigenvalue weighted by atomic mass is 10.1. The van der Waals surface area contributed by atoms with Crippen LogP contribution in [0, 0.1) is 0 Å². The summed E-state index contributed by atoms with van der Waals surface area (Å²) in [7, 11) is 0. The second-order valence-corrected chi connectivity index (χ2v) is 4.43. The number of ketones is 1. The maximum absolute atomic E-state index is 11.2. The van der Waals surface area contributed by atoms with E-state index in [1.54, 1.807) is 0 Å². The molecule has 1 aromatic carbocycles. The molecule has 0 unspecified atom stereocenters. The monoisotopic (exact) mass is 322 g/mol.